The fourth-order valence-electron chi connectivity index (χ4n) is 1.87. The maximum absolute atomic E-state index is 11.1. The smallest absolute Gasteiger partial charge is 0.328 e. The van der Waals surface area contributed by atoms with Crippen LogP contribution in [0.2, 0.25) is 0 Å². The van der Waals surface area contributed by atoms with Gasteiger partial charge in [-0.2, -0.15) is 0 Å². The number of ketones is 1. The first-order valence-corrected chi connectivity index (χ1v) is 5.94. The number of ether oxygens (including phenoxy) is 1. The second-order valence-electron chi connectivity index (χ2n) is 4.27. The van der Waals surface area contributed by atoms with Gasteiger partial charge in [0.2, 0.25) is 0 Å². The molecule has 0 aromatic carbocycles. The van der Waals surface area contributed by atoms with Gasteiger partial charge in [0.15, 0.2) is 6.04 Å². The fourth-order valence-corrected chi connectivity index (χ4v) is 2.18. The average Bonchev–Trinajstić information content (AvgIpc) is 2.27. The van der Waals surface area contributed by atoms with Crippen molar-refractivity contribution in [2.75, 3.05) is 19.8 Å². The third-order valence-electron chi connectivity index (χ3n) is 2.71. The topological polar surface area (TPSA) is 66.8 Å². The molecule has 1 fully saturated rings. The first-order valence-electron chi connectivity index (χ1n) is 5.54. The molecule has 0 radical (unpaired) electrons. The molecule has 0 aromatic heterocycles. The number of hydrogen-bond donors (Lipinski definition) is 1. The minimum Gasteiger partial charge on any atom is -0.480 e. The number of thiocarbonyl (C=S) groups is 1. The molecule has 17 heavy (non-hydrogen) atoms. The molecule has 0 spiro atoms. The Hall–Kier alpha value is -1.01. The van der Waals surface area contributed by atoms with E-state index in [-0.39, 0.29) is 18.3 Å². The molecule has 1 heterocycles. The Morgan fingerprint density at radius 1 is 1.59 bits per heavy atom. The van der Waals surface area contributed by atoms with Crippen LogP contribution in [0.5, 0.6) is 0 Å². The summed E-state index contributed by atoms with van der Waals surface area (Å²) in [7, 11) is 0. The van der Waals surface area contributed by atoms with E-state index < -0.39 is 12.0 Å². The van der Waals surface area contributed by atoms with Gasteiger partial charge in [0.1, 0.15) is 5.78 Å². The number of hydrogen-bond acceptors (Lipinski definition) is 4. The predicted octanol–water partition coefficient (Wildman–Crippen LogP) is 0.714. The highest BCUT2D eigenvalue weighted by atomic mass is 32.1. The van der Waals surface area contributed by atoms with Crippen LogP contribution in [-0.2, 0) is 14.3 Å². The Morgan fingerprint density at radius 3 is 2.76 bits per heavy atom. The number of nitrogens with zero attached hydrogens (tertiary/aromatic N) is 1. The molecule has 0 bridgehead atoms. The molecule has 2 unspecified atom stereocenters. The van der Waals surface area contributed by atoms with Gasteiger partial charge in [0.05, 0.1) is 18.2 Å². The standard InChI is InChI=1S/C11H17NO4S/c1-7(5-8(2)13)10(17)12-3-4-16-6-9(12)11(14)15/h7,9H,3-6H2,1-2H3,(H,14,15). The summed E-state index contributed by atoms with van der Waals surface area (Å²) in [4.78, 5) is 24.3. The second kappa shape index (κ2) is 6.07. The van der Waals surface area contributed by atoms with E-state index in [2.05, 4.69) is 0 Å². The van der Waals surface area contributed by atoms with E-state index in [1.54, 1.807) is 4.90 Å². The van der Waals surface area contributed by atoms with Crippen molar-refractivity contribution in [3.63, 3.8) is 0 Å². The minimum atomic E-state index is -0.943. The Balaban J connectivity index is 2.70. The lowest BCUT2D eigenvalue weighted by Gasteiger charge is -2.36. The van der Waals surface area contributed by atoms with Gasteiger partial charge >= 0.3 is 5.97 Å². The van der Waals surface area contributed by atoms with Gasteiger partial charge in [-0.15, -0.1) is 0 Å². The highest BCUT2D eigenvalue weighted by molar-refractivity contribution is 7.80. The summed E-state index contributed by atoms with van der Waals surface area (Å²) in [6.45, 7) is 4.43. The number of carbonyl (C=O) groups is 2. The van der Waals surface area contributed by atoms with Crippen molar-refractivity contribution in [2.45, 2.75) is 26.3 Å². The van der Waals surface area contributed by atoms with Crippen LogP contribution in [0.25, 0.3) is 0 Å². The van der Waals surface area contributed by atoms with Crippen molar-refractivity contribution in [3.05, 3.63) is 0 Å². The molecule has 6 heteroatoms. The quantitative estimate of drug-likeness (QED) is 0.750. The van der Waals surface area contributed by atoms with Gasteiger partial charge in [-0.05, 0) is 6.92 Å². The number of Topliss-reactive ketones (excluding diaryl/α,β-unsaturated/α-hetero) is 1. The first-order chi connectivity index (χ1) is 7.93. The average molecular weight is 259 g/mol. The normalized spacial score (nSPS) is 22.0. The predicted molar refractivity (Wildman–Crippen MR) is 66.0 cm³/mol. The minimum absolute atomic E-state index is 0.0555. The molecule has 1 aliphatic heterocycles. The monoisotopic (exact) mass is 259 g/mol. The zero-order valence-corrected chi connectivity index (χ0v) is 10.8. The Bertz CT molecular complexity index is 331. The molecule has 96 valence electrons. The number of morpholine rings is 1. The van der Waals surface area contributed by atoms with Gasteiger partial charge < -0.3 is 19.5 Å². The van der Waals surface area contributed by atoms with Crippen LogP contribution >= 0.6 is 12.2 Å². The van der Waals surface area contributed by atoms with Crippen LogP contribution in [0.15, 0.2) is 0 Å². The highest BCUT2D eigenvalue weighted by Gasteiger charge is 2.32. The molecular weight excluding hydrogens is 242 g/mol. The van der Waals surface area contributed by atoms with Crippen molar-refractivity contribution < 1.29 is 19.4 Å². The SMILES string of the molecule is CC(=O)CC(C)C(=S)N1CCOCC1C(=O)O. The molecule has 1 aliphatic rings. The Morgan fingerprint density at radius 2 is 2.24 bits per heavy atom. The largest absolute Gasteiger partial charge is 0.480 e. The number of aliphatic carboxylic acids is 1. The molecular formula is C11H17NO4S. The van der Waals surface area contributed by atoms with Gasteiger partial charge in [0.25, 0.3) is 0 Å². The van der Waals surface area contributed by atoms with Crippen LogP contribution in [0.3, 0.4) is 0 Å². The third kappa shape index (κ3) is 3.74. The summed E-state index contributed by atoms with van der Waals surface area (Å²) in [5.41, 5.74) is 0. The second-order valence-corrected chi connectivity index (χ2v) is 4.69. The summed E-state index contributed by atoms with van der Waals surface area (Å²) in [6, 6.07) is -0.731. The molecule has 5 nitrogen and oxygen atoms in total. The number of carbonyl (C=O) groups excluding carboxylic acids is 1. The molecule has 2 atom stereocenters. The zero-order valence-electron chi connectivity index (χ0n) is 10.0. The molecule has 1 N–H and O–H groups in total. The van der Waals surface area contributed by atoms with Crippen LogP contribution in [0.4, 0.5) is 0 Å². The van der Waals surface area contributed by atoms with Crippen LogP contribution in [-0.4, -0.2) is 52.5 Å². The van der Waals surface area contributed by atoms with Crippen LogP contribution < -0.4 is 0 Å². The summed E-state index contributed by atoms with van der Waals surface area (Å²) < 4.78 is 5.14. The number of rotatable bonds is 4. The van der Waals surface area contributed by atoms with Crippen molar-refractivity contribution in [2.24, 2.45) is 5.92 Å². The Labute approximate surface area is 106 Å². The summed E-state index contributed by atoms with van der Waals surface area (Å²) >= 11 is 5.27. The third-order valence-corrected chi connectivity index (χ3v) is 3.35. The van der Waals surface area contributed by atoms with Gasteiger partial charge in [-0.25, -0.2) is 4.79 Å². The van der Waals surface area contributed by atoms with Gasteiger partial charge in [0, 0.05) is 18.9 Å². The van der Waals surface area contributed by atoms with Crippen molar-refractivity contribution in [3.8, 4) is 0 Å². The maximum atomic E-state index is 11.1. The number of carboxylic acid groups (broad SMARTS) is 1. The van der Waals surface area contributed by atoms with Crippen molar-refractivity contribution in [1.29, 1.82) is 0 Å². The van der Waals surface area contributed by atoms with Crippen molar-refractivity contribution in [1.82, 2.24) is 4.90 Å². The van der Waals surface area contributed by atoms with E-state index in [0.717, 1.165) is 0 Å². The van der Waals surface area contributed by atoms with Crippen LogP contribution in [0, 0.1) is 5.92 Å². The van der Waals surface area contributed by atoms with Gasteiger partial charge in [-0.3, -0.25) is 0 Å². The fraction of sp³-hybridized carbons (Fsp3) is 0.727. The highest BCUT2D eigenvalue weighted by Crippen LogP contribution is 2.16. The van der Waals surface area contributed by atoms with E-state index in [1.807, 2.05) is 6.92 Å². The molecule has 0 amide bonds. The van der Waals surface area contributed by atoms with E-state index in [9.17, 15) is 9.59 Å². The molecule has 1 saturated heterocycles. The lowest BCUT2D eigenvalue weighted by Crippen LogP contribution is -2.53. The molecule has 0 aromatic rings. The Kier molecular flexibility index (Phi) is 5.02. The lowest BCUT2D eigenvalue weighted by atomic mass is 10.0. The van der Waals surface area contributed by atoms with E-state index in [1.165, 1.54) is 6.92 Å². The first kappa shape index (κ1) is 14.1. The molecule has 0 aliphatic carbocycles. The summed E-state index contributed by atoms with van der Waals surface area (Å²) in [5, 5.41) is 9.07. The van der Waals surface area contributed by atoms with E-state index >= 15 is 0 Å². The van der Waals surface area contributed by atoms with Gasteiger partial charge in [-0.1, -0.05) is 19.1 Å². The molecule has 0 saturated carbocycles. The molecule has 1 rings (SSSR count). The summed E-state index contributed by atoms with van der Waals surface area (Å²) in [6.07, 6.45) is 0.350. The zero-order chi connectivity index (χ0) is 13.0. The number of carboxylic acids is 1. The van der Waals surface area contributed by atoms with Crippen molar-refractivity contribution >= 4 is 29.0 Å². The van der Waals surface area contributed by atoms with Crippen LogP contribution in [0.1, 0.15) is 20.3 Å². The van der Waals surface area contributed by atoms with E-state index in [4.69, 9.17) is 22.1 Å². The van der Waals surface area contributed by atoms with E-state index in [0.29, 0.717) is 24.6 Å². The summed E-state index contributed by atoms with van der Waals surface area (Å²) in [5.74, 6) is -0.996. The maximum Gasteiger partial charge on any atom is 0.328 e. The lowest BCUT2D eigenvalue weighted by molar-refractivity contribution is -0.146.